The molecule has 3 aromatic carbocycles. The minimum atomic E-state index is 0.0331. The number of unbranched alkanes of at least 4 members (excludes halogenated alkanes) is 8. The SMILES string of the molecule is O=C(CCCCCCCCCCCOc1ccc(C(=O)c2ccccc2)cc1)Nc1ccccc1. The van der Waals surface area contributed by atoms with Crippen LogP contribution in [0.3, 0.4) is 0 Å². The summed E-state index contributed by atoms with van der Waals surface area (Å²) in [6, 6.07) is 26.4. The van der Waals surface area contributed by atoms with Gasteiger partial charge in [-0.2, -0.15) is 0 Å². The van der Waals surface area contributed by atoms with Gasteiger partial charge in [0.05, 0.1) is 6.61 Å². The van der Waals surface area contributed by atoms with E-state index in [9.17, 15) is 9.59 Å². The molecule has 0 heterocycles. The van der Waals surface area contributed by atoms with Gasteiger partial charge in [0.1, 0.15) is 5.75 Å². The van der Waals surface area contributed by atoms with Crippen molar-refractivity contribution in [1.82, 2.24) is 0 Å². The average molecular weight is 472 g/mol. The Balaban J connectivity index is 1.14. The molecule has 1 N–H and O–H groups in total. The highest BCUT2D eigenvalue weighted by molar-refractivity contribution is 6.08. The number of benzene rings is 3. The van der Waals surface area contributed by atoms with Crippen LogP contribution in [0.2, 0.25) is 0 Å². The van der Waals surface area contributed by atoms with Crippen LogP contribution in [0.5, 0.6) is 5.75 Å². The molecule has 0 spiro atoms. The second kappa shape index (κ2) is 15.5. The number of hydrogen-bond acceptors (Lipinski definition) is 3. The highest BCUT2D eigenvalue weighted by Gasteiger charge is 2.08. The van der Waals surface area contributed by atoms with E-state index in [1.807, 2.05) is 84.9 Å². The molecule has 0 aliphatic heterocycles. The highest BCUT2D eigenvalue weighted by Crippen LogP contribution is 2.17. The Morgan fingerprint density at radius 1 is 0.571 bits per heavy atom. The summed E-state index contributed by atoms with van der Waals surface area (Å²) in [7, 11) is 0. The number of nitrogens with one attached hydrogen (secondary N) is 1. The monoisotopic (exact) mass is 471 g/mol. The molecular weight excluding hydrogens is 434 g/mol. The second-order valence-electron chi connectivity index (χ2n) is 8.91. The van der Waals surface area contributed by atoms with Crippen molar-refractivity contribution in [2.75, 3.05) is 11.9 Å². The second-order valence-corrected chi connectivity index (χ2v) is 8.91. The molecule has 0 fully saturated rings. The Kier molecular flexibility index (Phi) is 11.6. The van der Waals surface area contributed by atoms with Crippen molar-refractivity contribution in [2.45, 2.75) is 64.2 Å². The van der Waals surface area contributed by atoms with Gasteiger partial charge >= 0.3 is 0 Å². The van der Waals surface area contributed by atoms with E-state index in [0.717, 1.165) is 30.7 Å². The Morgan fingerprint density at radius 2 is 1.09 bits per heavy atom. The summed E-state index contributed by atoms with van der Waals surface area (Å²) in [6.07, 6.45) is 11.1. The molecule has 3 aromatic rings. The van der Waals surface area contributed by atoms with Crippen molar-refractivity contribution in [3.63, 3.8) is 0 Å². The molecule has 1 amide bonds. The normalized spacial score (nSPS) is 10.6. The number of carbonyl (C=O) groups is 2. The van der Waals surface area contributed by atoms with Crippen LogP contribution >= 0.6 is 0 Å². The van der Waals surface area contributed by atoms with Gasteiger partial charge in [-0.1, -0.05) is 93.5 Å². The molecular formula is C31H37NO3. The van der Waals surface area contributed by atoms with Crippen molar-refractivity contribution in [3.05, 3.63) is 96.1 Å². The summed E-state index contributed by atoms with van der Waals surface area (Å²) in [5.74, 6) is 0.952. The highest BCUT2D eigenvalue weighted by atomic mass is 16.5. The predicted molar refractivity (Wildman–Crippen MR) is 143 cm³/mol. The molecule has 0 aromatic heterocycles. The van der Waals surface area contributed by atoms with Crippen LogP contribution in [-0.2, 0) is 4.79 Å². The summed E-state index contributed by atoms with van der Waals surface area (Å²) in [5, 5.41) is 2.94. The smallest absolute Gasteiger partial charge is 0.224 e. The standard InChI is InChI=1S/C31H37NO3/c33-30(32-28-18-12-9-13-19-28)20-14-6-4-2-1-3-5-7-15-25-35-29-23-21-27(22-24-29)31(34)26-16-10-8-11-17-26/h8-13,16-19,21-24H,1-7,14-15,20,25H2,(H,32,33). The van der Waals surface area contributed by atoms with E-state index in [0.29, 0.717) is 24.2 Å². The lowest BCUT2D eigenvalue weighted by Crippen LogP contribution is -2.10. The number of anilines is 1. The van der Waals surface area contributed by atoms with Gasteiger partial charge in [-0.25, -0.2) is 0 Å². The molecule has 0 unspecified atom stereocenters. The van der Waals surface area contributed by atoms with Gasteiger partial charge < -0.3 is 10.1 Å². The molecule has 4 heteroatoms. The topological polar surface area (TPSA) is 55.4 Å². The Hall–Kier alpha value is -3.40. The molecule has 184 valence electrons. The van der Waals surface area contributed by atoms with Crippen molar-refractivity contribution in [2.24, 2.45) is 0 Å². The van der Waals surface area contributed by atoms with Gasteiger partial charge in [0.15, 0.2) is 5.78 Å². The lowest BCUT2D eigenvalue weighted by Gasteiger charge is -2.07. The molecule has 0 bridgehead atoms. The minimum Gasteiger partial charge on any atom is -0.494 e. The quantitative estimate of drug-likeness (QED) is 0.171. The largest absolute Gasteiger partial charge is 0.494 e. The van der Waals surface area contributed by atoms with E-state index in [1.165, 1.54) is 38.5 Å². The van der Waals surface area contributed by atoms with Gasteiger partial charge in [-0.05, 0) is 49.2 Å². The van der Waals surface area contributed by atoms with Crippen LogP contribution in [0.25, 0.3) is 0 Å². The number of hydrogen-bond donors (Lipinski definition) is 1. The Labute approximate surface area is 209 Å². The van der Waals surface area contributed by atoms with Gasteiger partial charge in [-0.15, -0.1) is 0 Å². The number of amides is 1. The first-order valence-electron chi connectivity index (χ1n) is 12.9. The molecule has 35 heavy (non-hydrogen) atoms. The van der Waals surface area contributed by atoms with Crippen LogP contribution in [0.15, 0.2) is 84.9 Å². The third-order valence-corrected chi connectivity index (χ3v) is 6.03. The van der Waals surface area contributed by atoms with Crippen LogP contribution in [0, 0.1) is 0 Å². The zero-order chi connectivity index (χ0) is 24.6. The Bertz CT molecular complexity index is 1000. The zero-order valence-corrected chi connectivity index (χ0v) is 20.6. The van der Waals surface area contributed by atoms with Crippen LogP contribution in [-0.4, -0.2) is 18.3 Å². The third kappa shape index (κ3) is 10.2. The summed E-state index contributed by atoms with van der Waals surface area (Å²) in [4.78, 5) is 24.4. The summed E-state index contributed by atoms with van der Waals surface area (Å²) in [5.41, 5.74) is 2.25. The molecule has 4 nitrogen and oxygen atoms in total. The Morgan fingerprint density at radius 3 is 1.71 bits per heavy atom. The summed E-state index contributed by atoms with van der Waals surface area (Å²) < 4.78 is 5.83. The lowest BCUT2D eigenvalue weighted by molar-refractivity contribution is -0.116. The van der Waals surface area contributed by atoms with Crippen molar-refractivity contribution in [1.29, 1.82) is 0 Å². The van der Waals surface area contributed by atoms with Crippen LogP contribution < -0.4 is 10.1 Å². The number of carbonyl (C=O) groups excluding carboxylic acids is 2. The maximum atomic E-state index is 12.4. The molecule has 3 rings (SSSR count). The molecule has 0 saturated heterocycles. The molecule has 0 saturated carbocycles. The fraction of sp³-hybridized carbons (Fsp3) is 0.355. The van der Waals surface area contributed by atoms with Gasteiger partial charge in [0, 0.05) is 23.2 Å². The van der Waals surface area contributed by atoms with E-state index >= 15 is 0 Å². The fourth-order valence-electron chi connectivity index (χ4n) is 4.02. The number of ether oxygens (including phenoxy) is 1. The molecule has 0 radical (unpaired) electrons. The van der Waals surface area contributed by atoms with Gasteiger partial charge in [-0.3, -0.25) is 9.59 Å². The van der Waals surface area contributed by atoms with E-state index in [4.69, 9.17) is 4.74 Å². The summed E-state index contributed by atoms with van der Waals surface area (Å²) >= 11 is 0. The number of rotatable bonds is 16. The molecule has 0 atom stereocenters. The van der Waals surface area contributed by atoms with Crippen LogP contribution in [0.4, 0.5) is 5.69 Å². The van der Waals surface area contributed by atoms with E-state index in [-0.39, 0.29) is 11.7 Å². The van der Waals surface area contributed by atoms with Crippen LogP contribution in [0.1, 0.15) is 80.1 Å². The number of ketones is 1. The van der Waals surface area contributed by atoms with Crippen molar-refractivity contribution < 1.29 is 14.3 Å². The molecule has 0 aliphatic rings. The average Bonchev–Trinajstić information content (AvgIpc) is 2.90. The third-order valence-electron chi connectivity index (χ3n) is 6.03. The van der Waals surface area contributed by atoms with Crippen molar-refractivity contribution >= 4 is 17.4 Å². The van der Waals surface area contributed by atoms with Gasteiger partial charge in [0.25, 0.3) is 0 Å². The van der Waals surface area contributed by atoms with E-state index < -0.39 is 0 Å². The van der Waals surface area contributed by atoms with Crippen molar-refractivity contribution in [3.8, 4) is 5.75 Å². The fourth-order valence-corrected chi connectivity index (χ4v) is 4.02. The van der Waals surface area contributed by atoms with E-state index in [1.54, 1.807) is 0 Å². The maximum absolute atomic E-state index is 12.4. The lowest BCUT2D eigenvalue weighted by atomic mass is 10.0. The maximum Gasteiger partial charge on any atom is 0.224 e. The predicted octanol–water partition coefficient (Wildman–Crippen LogP) is 7.84. The molecule has 0 aliphatic carbocycles. The minimum absolute atomic E-state index is 0.0331. The first kappa shape index (κ1) is 26.2. The first-order valence-corrected chi connectivity index (χ1v) is 12.9. The zero-order valence-electron chi connectivity index (χ0n) is 20.6. The van der Waals surface area contributed by atoms with E-state index in [2.05, 4.69) is 5.32 Å². The number of para-hydroxylation sites is 1. The van der Waals surface area contributed by atoms with Gasteiger partial charge in [0.2, 0.25) is 5.91 Å². The first-order chi connectivity index (χ1) is 17.2. The summed E-state index contributed by atoms with van der Waals surface area (Å²) in [6.45, 7) is 0.705.